The molecule has 0 radical (unpaired) electrons. The maximum Gasteiger partial charge on any atom is 0.307 e. The van der Waals surface area contributed by atoms with Gasteiger partial charge in [0.05, 0.1) is 11.4 Å². The fraction of sp³-hybridized carbons (Fsp3) is 0.250. The van der Waals surface area contributed by atoms with E-state index in [0.717, 1.165) is 22.7 Å². The maximum absolute atomic E-state index is 11.7. The number of hydrogen-bond acceptors (Lipinski definition) is 4. The highest BCUT2D eigenvalue weighted by molar-refractivity contribution is 7.07. The zero-order valence-corrected chi connectivity index (χ0v) is 10.4. The molecular formula is C12H12N2O3S. The van der Waals surface area contributed by atoms with Crippen LogP contribution in [0.2, 0.25) is 0 Å². The Bertz CT molecular complexity index is 589. The summed E-state index contributed by atoms with van der Waals surface area (Å²) in [5.74, 6) is -0.849. The number of hydrogen-bond donors (Lipinski definition) is 1. The van der Waals surface area contributed by atoms with Crippen molar-refractivity contribution in [1.82, 2.24) is 9.55 Å². The Labute approximate surface area is 107 Å². The number of carboxylic acids is 1. The fourth-order valence-corrected chi connectivity index (χ4v) is 2.42. The summed E-state index contributed by atoms with van der Waals surface area (Å²) in [4.78, 5) is 26.3. The van der Waals surface area contributed by atoms with Gasteiger partial charge in [0, 0.05) is 24.5 Å². The minimum atomic E-state index is -0.849. The summed E-state index contributed by atoms with van der Waals surface area (Å²) in [5, 5.41) is 10.4. The molecule has 0 unspecified atom stereocenters. The van der Waals surface area contributed by atoms with Gasteiger partial charge in [-0.3, -0.25) is 19.1 Å². The van der Waals surface area contributed by atoms with E-state index in [2.05, 4.69) is 4.98 Å². The number of nitrogens with zero attached hydrogens (tertiary/aromatic N) is 2. The number of pyridine rings is 1. The first kappa shape index (κ1) is 12.5. The first-order chi connectivity index (χ1) is 8.68. The molecule has 5 nitrogen and oxygen atoms in total. The van der Waals surface area contributed by atoms with Crippen molar-refractivity contribution in [3.63, 3.8) is 0 Å². The highest BCUT2D eigenvalue weighted by Crippen LogP contribution is 2.17. The summed E-state index contributed by atoms with van der Waals surface area (Å²) < 4.78 is 1.58. The largest absolute Gasteiger partial charge is 0.481 e. The summed E-state index contributed by atoms with van der Waals surface area (Å²) in [6.45, 7) is 0.403. The molecule has 0 aliphatic heterocycles. The third-order valence-electron chi connectivity index (χ3n) is 2.48. The molecule has 1 N–H and O–H groups in total. The quantitative estimate of drug-likeness (QED) is 0.894. The van der Waals surface area contributed by atoms with Crippen molar-refractivity contribution in [1.29, 1.82) is 0 Å². The minimum Gasteiger partial charge on any atom is -0.481 e. The van der Waals surface area contributed by atoms with Crippen LogP contribution in [0.5, 0.6) is 0 Å². The first-order valence-electron chi connectivity index (χ1n) is 5.50. The van der Waals surface area contributed by atoms with E-state index in [1.54, 1.807) is 16.1 Å². The van der Waals surface area contributed by atoms with Crippen molar-refractivity contribution in [2.45, 2.75) is 19.4 Å². The van der Waals surface area contributed by atoms with Gasteiger partial charge in [-0.1, -0.05) is 17.4 Å². The van der Waals surface area contributed by atoms with Crippen LogP contribution in [0, 0.1) is 0 Å². The lowest BCUT2D eigenvalue weighted by molar-refractivity contribution is -0.137. The molecule has 0 atom stereocenters. The van der Waals surface area contributed by atoms with Gasteiger partial charge in [-0.2, -0.15) is 0 Å². The number of carbonyl (C=O) groups is 1. The zero-order chi connectivity index (χ0) is 13.0. The van der Waals surface area contributed by atoms with Crippen LogP contribution in [-0.2, 0) is 11.3 Å². The first-order valence-corrected chi connectivity index (χ1v) is 6.38. The number of thiazole rings is 1. The average molecular weight is 264 g/mol. The number of rotatable bonds is 5. The van der Waals surface area contributed by atoms with E-state index in [1.807, 2.05) is 18.2 Å². The topological polar surface area (TPSA) is 72.2 Å². The van der Waals surface area contributed by atoms with Crippen molar-refractivity contribution in [3.8, 4) is 11.4 Å². The monoisotopic (exact) mass is 264 g/mol. The lowest BCUT2D eigenvalue weighted by atomic mass is 10.2. The van der Waals surface area contributed by atoms with Crippen molar-refractivity contribution in [2.75, 3.05) is 0 Å². The van der Waals surface area contributed by atoms with Crippen LogP contribution >= 0.6 is 11.3 Å². The van der Waals surface area contributed by atoms with Gasteiger partial charge in [0.2, 0.25) is 0 Å². The minimum absolute atomic E-state index is 0.0595. The van der Waals surface area contributed by atoms with Gasteiger partial charge in [0.25, 0.3) is 0 Å². The van der Waals surface area contributed by atoms with Crippen LogP contribution in [0.3, 0.4) is 0 Å². The number of aliphatic carboxylic acids is 1. The highest BCUT2D eigenvalue weighted by Gasteiger charge is 2.10. The molecule has 0 bridgehead atoms. The number of aromatic nitrogens is 2. The highest BCUT2D eigenvalue weighted by atomic mass is 32.1. The molecule has 0 spiro atoms. The lowest BCUT2D eigenvalue weighted by Gasteiger charge is -2.05. The molecule has 6 heteroatoms. The third kappa shape index (κ3) is 2.84. The van der Waals surface area contributed by atoms with E-state index < -0.39 is 5.97 Å². The smallest absolute Gasteiger partial charge is 0.307 e. The Balaban J connectivity index is 2.22. The van der Waals surface area contributed by atoms with Gasteiger partial charge in [-0.05, 0) is 18.6 Å². The SMILES string of the molecule is O=C(O)CCCn1c(-c2ccccn2)csc1=O. The van der Waals surface area contributed by atoms with Crippen molar-refractivity contribution >= 4 is 17.3 Å². The van der Waals surface area contributed by atoms with Crippen LogP contribution in [0.15, 0.2) is 34.6 Å². The van der Waals surface area contributed by atoms with E-state index in [4.69, 9.17) is 5.11 Å². The van der Waals surface area contributed by atoms with Gasteiger partial charge >= 0.3 is 10.8 Å². The Morgan fingerprint density at radius 1 is 1.44 bits per heavy atom. The van der Waals surface area contributed by atoms with E-state index in [0.29, 0.717) is 13.0 Å². The fourth-order valence-electron chi connectivity index (χ4n) is 1.64. The molecule has 0 fully saturated rings. The summed E-state index contributed by atoms with van der Waals surface area (Å²) in [5.41, 5.74) is 1.47. The second-order valence-electron chi connectivity index (χ2n) is 3.75. The van der Waals surface area contributed by atoms with Crippen LogP contribution in [0.1, 0.15) is 12.8 Å². The lowest BCUT2D eigenvalue weighted by Crippen LogP contribution is -2.15. The van der Waals surface area contributed by atoms with Crippen molar-refractivity contribution < 1.29 is 9.90 Å². The van der Waals surface area contributed by atoms with E-state index in [9.17, 15) is 9.59 Å². The van der Waals surface area contributed by atoms with Crippen LogP contribution in [-0.4, -0.2) is 20.6 Å². The third-order valence-corrected chi connectivity index (χ3v) is 3.25. The Morgan fingerprint density at radius 3 is 2.94 bits per heavy atom. The Hall–Kier alpha value is -1.95. The molecule has 0 aliphatic carbocycles. The molecule has 0 saturated carbocycles. The predicted molar refractivity (Wildman–Crippen MR) is 68.7 cm³/mol. The molecule has 0 aromatic carbocycles. The maximum atomic E-state index is 11.7. The van der Waals surface area contributed by atoms with Gasteiger partial charge < -0.3 is 5.11 Å². The van der Waals surface area contributed by atoms with E-state index in [-0.39, 0.29) is 11.3 Å². The van der Waals surface area contributed by atoms with E-state index >= 15 is 0 Å². The summed E-state index contributed by atoms with van der Waals surface area (Å²) in [7, 11) is 0. The molecule has 94 valence electrons. The second-order valence-corrected chi connectivity index (χ2v) is 4.57. The van der Waals surface area contributed by atoms with Crippen LogP contribution < -0.4 is 4.87 Å². The van der Waals surface area contributed by atoms with Gasteiger partial charge in [0.15, 0.2) is 0 Å². The molecule has 0 aliphatic rings. The standard InChI is InChI=1S/C12H12N2O3S/c15-11(16)5-3-7-14-10(8-18-12(14)17)9-4-1-2-6-13-9/h1-2,4,6,8H,3,5,7H2,(H,15,16). The molecule has 0 amide bonds. The summed E-state index contributed by atoms with van der Waals surface area (Å²) >= 11 is 1.10. The molecule has 0 saturated heterocycles. The van der Waals surface area contributed by atoms with Gasteiger partial charge in [-0.15, -0.1) is 0 Å². The van der Waals surface area contributed by atoms with Gasteiger partial charge in [-0.25, -0.2) is 0 Å². The van der Waals surface area contributed by atoms with Crippen molar-refractivity contribution in [2.24, 2.45) is 0 Å². The zero-order valence-electron chi connectivity index (χ0n) is 9.57. The average Bonchev–Trinajstić information content (AvgIpc) is 2.72. The van der Waals surface area contributed by atoms with Crippen molar-refractivity contribution in [3.05, 3.63) is 39.4 Å². The second kappa shape index (κ2) is 5.59. The molecule has 2 heterocycles. The predicted octanol–water partition coefficient (Wildman–Crippen LogP) is 1.84. The summed E-state index contributed by atoms with van der Waals surface area (Å²) in [6, 6.07) is 5.49. The molecule has 2 aromatic rings. The molecule has 2 aromatic heterocycles. The van der Waals surface area contributed by atoms with E-state index in [1.165, 1.54) is 0 Å². The summed E-state index contributed by atoms with van der Waals surface area (Å²) in [6.07, 6.45) is 2.16. The van der Waals surface area contributed by atoms with Gasteiger partial charge in [0.1, 0.15) is 0 Å². The number of carboxylic acid groups (broad SMARTS) is 1. The normalized spacial score (nSPS) is 10.4. The molecule has 2 rings (SSSR count). The molecule has 18 heavy (non-hydrogen) atoms. The Kier molecular flexibility index (Phi) is 3.88. The Morgan fingerprint density at radius 2 is 2.28 bits per heavy atom. The molecular weight excluding hydrogens is 252 g/mol. The van der Waals surface area contributed by atoms with Crippen LogP contribution in [0.4, 0.5) is 0 Å². The van der Waals surface area contributed by atoms with Crippen LogP contribution in [0.25, 0.3) is 11.4 Å².